The zero-order valence-electron chi connectivity index (χ0n) is 12.8. The lowest BCUT2D eigenvalue weighted by molar-refractivity contribution is -0.0584. The summed E-state index contributed by atoms with van der Waals surface area (Å²) in [6.45, 7) is 2.83. The minimum atomic E-state index is -0.351. The van der Waals surface area contributed by atoms with E-state index in [-0.39, 0.29) is 18.1 Å². The van der Waals surface area contributed by atoms with Crippen LogP contribution in [0, 0.1) is 11.8 Å². The maximum absolute atomic E-state index is 12.0. The molecular weight excluding hydrogens is 284 g/mol. The van der Waals surface area contributed by atoms with Crippen molar-refractivity contribution in [1.29, 1.82) is 0 Å². The van der Waals surface area contributed by atoms with Crippen molar-refractivity contribution in [2.75, 3.05) is 6.54 Å². The SMILES string of the molecule is CC1CC(CCc2nnc([C@@H]3CC[C@@H]4CN3C(=O)N4O)o2)C1. The Kier molecular flexibility index (Phi) is 3.32. The van der Waals surface area contributed by atoms with Crippen LogP contribution in [0.3, 0.4) is 0 Å². The first-order chi connectivity index (χ1) is 10.6. The molecular formula is C15H22N4O3. The average Bonchev–Trinajstić information content (AvgIpc) is 3.04. The van der Waals surface area contributed by atoms with Gasteiger partial charge in [0, 0.05) is 13.0 Å². The normalized spacial score (nSPS) is 34.2. The number of carbonyl (C=O) groups is 1. The van der Waals surface area contributed by atoms with Crippen LogP contribution in [0.2, 0.25) is 0 Å². The third-order valence-electron chi connectivity index (χ3n) is 5.35. The molecule has 0 aromatic carbocycles. The molecule has 3 fully saturated rings. The van der Waals surface area contributed by atoms with Crippen LogP contribution in [-0.4, -0.2) is 44.0 Å². The van der Waals surface area contributed by atoms with E-state index in [0.29, 0.717) is 18.3 Å². The van der Waals surface area contributed by atoms with Gasteiger partial charge in [-0.3, -0.25) is 5.21 Å². The van der Waals surface area contributed by atoms with Gasteiger partial charge in [0.2, 0.25) is 11.8 Å². The quantitative estimate of drug-likeness (QED) is 0.864. The number of urea groups is 1. The second kappa shape index (κ2) is 5.22. The Morgan fingerprint density at radius 2 is 2.14 bits per heavy atom. The third kappa shape index (κ3) is 2.27. The molecule has 2 atom stereocenters. The van der Waals surface area contributed by atoms with E-state index in [1.165, 1.54) is 12.8 Å². The predicted octanol–water partition coefficient (Wildman–Crippen LogP) is 2.38. The number of amides is 2. The zero-order valence-corrected chi connectivity index (χ0v) is 12.8. The number of hydrogen-bond donors (Lipinski definition) is 1. The van der Waals surface area contributed by atoms with E-state index in [1.807, 2.05) is 0 Å². The van der Waals surface area contributed by atoms with Crippen LogP contribution >= 0.6 is 0 Å². The highest BCUT2D eigenvalue weighted by Gasteiger charge is 2.46. The molecule has 1 aromatic rings. The van der Waals surface area contributed by atoms with Crippen LogP contribution in [0.25, 0.3) is 0 Å². The van der Waals surface area contributed by atoms with Crippen LogP contribution in [0.1, 0.15) is 56.9 Å². The van der Waals surface area contributed by atoms with Crippen LogP contribution in [0.5, 0.6) is 0 Å². The first-order valence-electron chi connectivity index (χ1n) is 8.22. The second-order valence-electron chi connectivity index (χ2n) is 7.04. The van der Waals surface area contributed by atoms with Crippen molar-refractivity contribution in [3.05, 3.63) is 11.8 Å². The number of aryl methyl sites for hydroxylation is 1. The Hall–Kier alpha value is -1.63. The van der Waals surface area contributed by atoms with Gasteiger partial charge in [-0.1, -0.05) is 6.92 Å². The molecule has 2 saturated heterocycles. The Bertz CT molecular complexity index is 569. The van der Waals surface area contributed by atoms with Crippen molar-refractivity contribution in [3.8, 4) is 0 Å². The number of fused-ring (bicyclic) bond motifs is 2. The van der Waals surface area contributed by atoms with Crippen molar-refractivity contribution in [2.45, 2.75) is 57.5 Å². The van der Waals surface area contributed by atoms with Gasteiger partial charge in [-0.2, -0.15) is 0 Å². The molecule has 0 unspecified atom stereocenters. The monoisotopic (exact) mass is 306 g/mol. The summed E-state index contributed by atoms with van der Waals surface area (Å²) in [4.78, 5) is 13.6. The summed E-state index contributed by atoms with van der Waals surface area (Å²) in [5, 5.41) is 18.8. The number of nitrogens with zero attached hydrogens (tertiary/aromatic N) is 4. The molecule has 3 heterocycles. The average molecular weight is 306 g/mol. The molecule has 120 valence electrons. The number of piperidine rings is 1. The van der Waals surface area contributed by atoms with E-state index in [1.54, 1.807) is 4.90 Å². The lowest BCUT2D eigenvalue weighted by Crippen LogP contribution is -2.34. The lowest BCUT2D eigenvalue weighted by Gasteiger charge is -2.32. The minimum Gasteiger partial charge on any atom is -0.423 e. The molecule has 22 heavy (non-hydrogen) atoms. The molecule has 1 saturated carbocycles. The second-order valence-corrected chi connectivity index (χ2v) is 7.04. The van der Waals surface area contributed by atoms with E-state index in [9.17, 15) is 10.0 Å². The summed E-state index contributed by atoms with van der Waals surface area (Å²) in [5.41, 5.74) is 0. The van der Waals surface area contributed by atoms with Gasteiger partial charge >= 0.3 is 6.03 Å². The third-order valence-corrected chi connectivity index (χ3v) is 5.35. The number of aromatic nitrogens is 2. The molecule has 7 nitrogen and oxygen atoms in total. The predicted molar refractivity (Wildman–Crippen MR) is 76.0 cm³/mol. The molecule has 1 N–H and O–H groups in total. The summed E-state index contributed by atoms with van der Waals surface area (Å²) < 4.78 is 5.79. The van der Waals surface area contributed by atoms with Crippen molar-refractivity contribution in [1.82, 2.24) is 20.2 Å². The van der Waals surface area contributed by atoms with Gasteiger partial charge in [0.1, 0.15) is 6.04 Å². The fourth-order valence-electron chi connectivity index (χ4n) is 4.04. The summed E-state index contributed by atoms with van der Waals surface area (Å²) >= 11 is 0. The Morgan fingerprint density at radius 1 is 1.32 bits per heavy atom. The smallest absolute Gasteiger partial charge is 0.344 e. The van der Waals surface area contributed by atoms with Crippen LogP contribution in [0.15, 0.2) is 4.42 Å². The van der Waals surface area contributed by atoms with Gasteiger partial charge in [0.15, 0.2) is 0 Å². The lowest BCUT2D eigenvalue weighted by atomic mass is 9.74. The topological polar surface area (TPSA) is 82.7 Å². The van der Waals surface area contributed by atoms with Crippen molar-refractivity contribution in [3.63, 3.8) is 0 Å². The molecule has 4 rings (SSSR count). The summed E-state index contributed by atoms with van der Waals surface area (Å²) in [5.74, 6) is 2.84. The zero-order chi connectivity index (χ0) is 15.3. The summed E-state index contributed by atoms with van der Waals surface area (Å²) in [6.07, 6.45) is 6.06. The number of carbonyl (C=O) groups excluding carboxylic acids is 1. The molecule has 2 bridgehead atoms. The molecule has 1 aliphatic carbocycles. The van der Waals surface area contributed by atoms with Crippen molar-refractivity contribution >= 4 is 6.03 Å². The Balaban J connectivity index is 1.40. The highest BCUT2D eigenvalue weighted by molar-refractivity contribution is 5.76. The minimum absolute atomic E-state index is 0.0910. The summed E-state index contributed by atoms with van der Waals surface area (Å²) in [6, 6.07) is -0.631. The van der Waals surface area contributed by atoms with Crippen molar-refractivity contribution < 1.29 is 14.4 Å². The van der Waals surface area contributed by atoms with Gasteiger partial charge < -0.3 is 9.32 Å². The number of hydroxylamine groups is 2. The van der Waals surface area contributed by atoms with Crippen LogP contribution in [-0.2, 0) is 6.42 Å². The molecule has 0 spiro atoms. The van der Waals surface area contributed by atoms with Crippen molar-refractivity contribution in [2.24, 2.45) is 11.8 Å². The van der Waals surface area contributed by atoms with Gasteiger partial charge in [-0.25, -0.2) is 9.86 Å². The number of rotatable bonds is 4. The van der Waals surface area contributed by atoms with E-state index in [2.05, 4.69) is 17.1 Å². The molecule has 2 aliphatic heterocycles. The fourth-order valence-corrected chi connectivity index (χ4v) is 4.04. The molecule has 3 aliphatic rings. The fraction of sp³-hybridized carbons (Fsp3) is 0.800. The maximum atomic E-state index is 12.0. The molecule has 0 radical (unpaired) electrons. The van der Waals surface area contributed by atoms with E-state index < -0.39 is 0 Å². The molecule has 2 amide bonds. The highest BCUT2D eigenvalue weighted by Crippen LogP contribution is 2.38. The number of hydrogen-bond acceptors (Lipinski definition) is 5. The molecule has 7 heteroatoms. The summed E-state index contributed by atoms with van der Waals surface area (Å²) in [7, 11) is 0. The van der Waals surface area contributed by atoms with Crippen LogP contribution in [0.4, 0.5) is 4.79 Å². The van der Waals surface area contributed by atoms with Gasteiger partial charge in [-0.05, 0) is 43.9 Å². The first-order valence-corrected chi connectivity index (χ1v) is 8.22. The highest BCUT2D eigenvalue weighted by atomic mass is 16.5. The van der Waals surface area contributed by atoms with Gasteiger partial charge in [0.25, 0.3) is 0 Å². The largest absolute Gasteiger partial charge is 0.423 e. The first kappa shape index (κ1) is 14.0. The van der Waals surface area contributed by atoms with E-state index >= 15 is 0 Å². The Morgan fingerprint density at radius 3 is 2.91 bits per heavy atom. The maximum Gasteiger partial charge on any atom is 0.344 e. The Labute approximate surface area is 129 Å². The molecule has 1 aromatic heterocycles. The van der Waals surface area contributed by atoms with E-state index in [0.717, 1.165) is 42.6 Å². The van der Waals surface area contributed by atoms with Gasteiger partial charge in [-0.15, -0.1) is 10.2 Å². The van der Waals surface area contributed by atoms with Gasteiger partial charge in [0.05, 0.1) is 6.04 Å². The standard InChI is InChI=1S/C15H22N4O3/c1-9-6-10(7-9)2-5-13-16-17-14(22-13)12-4-3-11-8-18(12)15(20)19(11)21/h9-12,21H,2-8H2,1H3/t9?,10?,11-,12+/m1/s1. The van der Waals surface area contributed by atoms with Crippen LogP contribution < -0.4 is 0 Å². The van der Waals surface area contributed by atoms with E-state index in [4.69, 9.17) is 4.42 Å².